The van der Waals surface area contributed by atoms with Crippen molar-refractivity contribution >= 4 is 11.6 Å². The number of nitrogens with two attached hydrogens (primary N) is 1. The third kappa shape index (κ3) is 4.21. The predicted molar refractivity (Wildman–Crippen MR) is 87.5 cm³/mol. The minimum Gasteiger partial charge on any atom is -0.382 e. The summed E-state index contributed by atoms with van der Waals surface area (Å²) in [7, 11) is 0. The first kappa shape index (κ1) is 15.8. The zero-order valence-electron chi connectivity index (χ0n) is 13.1. The van der Waals surface area contributed by atoms with Gasteiger partial charge < -0.3 is 16.0 Å². The van der Waals surface area contributed by atoms with E-state index in [1.54, 1.807) is 0 Å². The van der Waals surface area contributed by atoms with Gasteiger partial charge in [-0.1, -0.05) is 6.07 Å². The van der Waals surface area contributed by atoms with Gasteiger partial charge in [-0.15, -0.1) is 0 Å². The molecule has 1 fully saturated rings. The minimum absolute atomic E-state index is 0.101. The number of carbonyl (C=O) groups excluding carboxylic acids is 1. The van der Waals surface area contributed by atoms with E-state index in [1.165, 1.54) is 6.42 Å². The number of anilines is 1. The number of hydrogen-bond acceptors (Lipinski definition) is 3. The van der Waals surface area contributed by atoms with Crippen molar-refractivity contribution in [2.75, 3.05) is 18.4 Å². The van der Waals surface area contributed by atoms with Crippen LogP contribution in [0.3, 0.4) is 0 Å². The molecule has 0 aliphatic heterocycles. The zero-order valence-corrected chi connectivity index (χ0v) is 13.1. The van der Waals surface area contributed by atoms with Crippen LogP contribution >= 0.6 is 0 Å². The Labute approximate surface area is 127 Å². The molecule has 3 N–H and O–H groups in total. The molecule has 4 nitrogen and oxygen atoms in total. The predicted octanol–water partition coefficient (Wildman–Crippen LogP) is 2.85. The van der Waals surface area contributed by atoms with E-state index in [1.807, 2.05) is 43.0 Å². The van der Waals surface area contributed by atoms with Crippen molar-refractivity contribution < 1.29 is 4.79 Å². The first-order valence-corrected chi connectivity index (χ1v) is 8.05. The third-order valence-corrected chi connectivity index (χ3v) is 4.25. The number of amides is 1. The van der Waals surface area contributed by atoms with E-state index in [4.69, 9.17) is 5.73 Å². The van der Waals surface area contributed by atoms with E-state index in [0.29, 0.717) is 12.1 Å². The molecular weight excluding hydrogens is 262 g/mol. The Bertz CT molecular complexity index is 471. The van der Waals surface area contributed by atoms with Gasteiger partial charge in [-0.05, 0) is 57.7 Å². The molecular formula is C17H27N3O. The number of benzene rings is 1. The molecule has 116 valence electrons. The maximum Gasteiger partial charge on any atom is 0.253 e. The molecule has 0 bridgehead atoms. The second-order valence-corrected chi connectivity index (χ2v) is 5.83. The van der Waals surface area contributed by atoms with Crippen LogP contribution in [0.25, 0.3) is 0 Å². The Balaban J connectivity index is 2.05. The Hall–Kier alpha value is -1.55. The van der Waals surface area contributed by atoms with Crippen LogP contribution < -0.4 is 11.1 Å². The van der Waals surface area contributed by atoms with E-state index in [9.17, 15) is 4.79 Å². The molecule has 2 unspecified atom stereocenters. The zero-order chi connectivity index (χ0) is 15.2. The first-order valence-electron chi connectivity index (χ1n) is 8.05. The molecule has 2 atom stereocenters. The molecule has 0 radical (unpaired) electrons. The Kier molecular flexibility index (Phi) is 5.62. The van der Waals surface area contributed by atoms with E-state index in [0.717, 1.165) is 43.6 Å². The smallest absolute Gasteiger partial charge is 0.253 e. The molecule has 0 aromatic heterocycles. The number of nitrogens with zero attached hydrogens (tertiary/aromatic N) is 1. The molecule has 4 heteroatoms. The van der Waals surface area contributed by atoms with Gasteiger partial charge in [0.1, 0.15) is 0 Å². The van der Waals surface area contributed by atoms with Gasteiger partial charge in [-0.25, -0.2) is 0 Å². The molecule has 1 aliphatic carbocycles. The largest absolute Gasteiger partial charge is 0.382 e. The summed E-state index contributed by atoms with van der Waals surface area (Å²) in [6.07, 6.45) is 4.46. The van der Waals surface area contributed by atoms with Crippen LogP contribution in [0, 0.1) is 0 Å². The van der Waals surface area contributed by atoms with Gasteiger partial charge in [0, 0.05) is 36.4 Å². The standard InChI is InChI=1S/C17H27N3O/c1-3-20(4-2)17(21)13-7-5-9-15(11-13)19-16-10-6-8-14(18)12-16/h5,7,9,11,14,16,19H,3-4,6,8,10,12,18H2,1-2H3. The normalized spacial score (nSPS) is 21.9. The quantitative estimate of drug-likeness (QED) is 0.876. The van der Waals surface area contributed by atoms with E-state index >= 15 is 0 Å². The van der Waals surface area contributed by atoms with Crippen LogP contribution in [-0.2, 0) is 0 Å². The van der Waals surface area contributed by atoms with Crippen LogP contribution in [0.2, 0.25) is 0 Å². The Morgan fingerprint density at radius 3 is 2.76 bits per heavy atom. The van der Waals surface area contributed by atoms with E-state index in [2.05, 4.69) is 5.32 Å². The number of carbonyl (C=O) groups is 1. The van der Waals surface area contributed by atoms with E-state index in [-0.39, 0.29) is 5.91 Å². The average molecular weight is 289 g/mol. The number of rotatable bonds is 5. The lowest BCUT2D eigenvalue weighted by Gasteiger charge is -2.28. The van der Waals surface area contributed by atoms with Gasteiger partial charge in [0.15, 0.2) is 0 Å². The summed E-state index contributed by atoms with van der Waals surface area (Å²) in [4.78, 5) is 14.2. The highest BCUT2D eigenvalue weighted by Gasteiger charge is 2.19. The van der Waals surface area contributed by atoms with Crippen molar-refractivity contribution in [3.05, 3.63) is 29.8 Å². The molecule has 1 saturated carbocycles. The molecule has 1 aromatic carbocycles. The fourth-order valence-corrected chi connectivity index (χ4v) is 3.03. The lowest BCUT2D eigenvalue weighted by atomic mass is 9.91. The average Bonchev–Trinajstić information content (AvgIpc) is 2.48. The van der Waals surface area contributed by atoms with Gasteiger partial charge >= 0.3 is 0 Å². The van der Waals surface area contributed by atoms with Crippen LogP contribution in [0.1, 0.15) is 49.9 Å². The highest BCUT2D eigenvalue weighted by atomic mass is 16.2. The third-order valence-electron chi connectivity index (χ3n) is 4.25. The monoisotopic (exact) mass is 289 g/mol. The van der Waals surface area contributed by atoms with Gasteiger partial charge in [-0.2, -0.15) is 0 Å². The number of nitrogens with one attached hydrogen (secondary N) is 1. The van der Waals surface area contributed by atoms with Crippen LogP contribution in [0.5, 0.6) is 0 Å². The van der Waals surface area contributed by atoms with Gasteiger partial charge in [0.25, 0.3) is 5.91 Å². The van der Waals surface area contributed by atoms with Gasteiger partial charge in [0.2, 0.25) is 0 Å². The lowest BCUT2D eigenvalue weighted by molar-refractivity contribution is 0.0773. The topological polar surface area (TPSA) is 58.4 Å². The van der Waals surface area contributed by atoms with Crippen molar-refractivity contribution in [2.45, 2.75) is 51.6 Å². The summed E-state index contributed by atoms with van der Waals surface area (Å²) in [5, 5.41) is 3.53. The molecule has 1 aliphatic rings. The summed E-state index contributed by atoms with van der Waals surface area (Å²) in [6, 6.07) is 8.55. The van der Waals surface area contributed by atoms with Gasteiger partial charge in [0.05, 0.1) is 0 Å². The maximum atomic E-state index is 12.4. The highest BCUT2D eigenvalue weighted by Crippen LogP contribution is 2.22. The van der Waals surface area contributed by atoms with Crippen molar-refractivity contribution in [2.24, 2.45) is 5.73 Å². The lowest BCUT2D eigenvalue weighted by Crippen LogP contribution is -2.35. The molecule has 0 heterocycles. The molecule has 21 heavy (non-hydrogen) atoms. The summed E-state index contributed by atoms with van der Waals surface area (Å²) >= 11 is 0. The molecule has 1 amide bonds. The second-order valence-electron chi connectivity index (χ2n) is 5.83. The SMILES string of the molecule is CCN(CC)C(=O)c1cccc(NC2CCCC(N)C2)c1. The van der Waals surface area contributed by atoms with Crippen LogP contribution in [-0.4, -0.2) is 36.0 Å². The maximum absolute atomic E-state index is 12.4. The second kappa shape index (κ2) is 7.46. The van der Waals surface area contributed by atoms with Crippen LogP contribution in [0.15, 0.2) is 24.3 Å². The van der Waals surface area contributed by atoms with Crippen LogP contribution in [0.4, 0.5) is 5.69 Å². The van der Waals surface area contributed by atoms with Crippen molar-refractivity contribution in [1.82, 2.24) is 4.90 Å². The van der Waals surface area contributed by atoms with Crippen molar-refractivity contribution in [3.8, 4) is 0 Å². The highest BCUT2D eigenvalue weighted by molar-refractivity contribution is 5.95. The van der Waals surface area contributed by atoms with E-state index < -0.39 is 0 Å². The fraction of sp³-hybridized carbons (Fsp3) is 0.588. The Morgan fingerprint density at radius 1 is 1.33 bits per heavy atom. The fourth-order valence-electron chi connectivity index (χ4n) is 3.03. The van der Waals surface area contributed by atoms with Gasteiger partial charge in [-0.3, -0.25) is 4.79 Å². The minimum atomic E-state index is 0.101. The summed E-state index contributed by atoms with van der Waals surface area (Å²) in [6.45, 7) is 5.49. The number of hydrogen-bond donors (Lipinski definition) is 2. The van der Waals surface area contributed by atoms with Crippen molar-refractivity contribution in [3.63, 3.8) is 0 Å². The summed E-state index contributed by atoms with van der Waals surface area (Å²) < 4.78 is 0. The summed E-state index contributed by atoms with van der Waals surface area (Å²) in [5.41, 5.74) is 7.81. The molecule has 1 aromatic rings. The molecule has 2 rings (SSSR count). The molecule has 0 saturated heterocycles. The summed E-state index contributed by atoms with van der Waals surface area (Å²) in [5.74, 6) is 0.101. The Morgan fingerprint density at radius 2 is 2.10 bits per heavy atom. The first-order chi connectivity index (χ1) is 10.1. The molecule has 0 spiro atoms. The van der Waals surface area contributed by atoms with Crippen molar-refractivity contribution in [1.29, 1.82) is 0 Å².